The van der Waals surface area contributed by atoms with E-state index in [2.05, 4.69) is 5.32 Å². The number of esters is 1. The lowest BCUT2D eigenvalue weighted by atomic mass is 9.95. The molecule has 0 atom stereocenters. The number of rotatable bonds is 7. The molecule has 1 aromatic rings. The number of halogens is 1. The van der Waals surface area contributed by atoms with Crippen molar-refractivity contribution in [1.29, 1.82) is 0 Å². The summed E-state index contributed by atoms with van der Waals surface area (Å²) in [7, 11) is 0. The fourth-order valence-electron chi connectivity index (χ4n) is 2.52. The molecule has 0 spiro atoms. The number of nitrogens with one attached hydrogen (secondary N) is 1. The molecule has 6 heteroatoms. The van der Waals surface area contributed by atoms with Gasteiger partial charge in [0, 0.05) is 21.7 Å². The van der Waals surface area contributed by atoms with Gasteiger partial charge in [-0.05, 0) is 37.1 Å². The molecule has 1 saturated carbocycles. The summed E-state index contributed by atoms with van der Waals surface area (Å²) in [5.74, 6) is 0.0749. The smallest absolute Gasteiger partial charge is 0.307 e. The first-order chi connectivity index (χ1) is 11.1. The Labute approximate surface area is 146 Å². The summed E-state index contributed by atoms with van der Waals surface area (Å²) in [6.45, 7) is -0.180. The SMILES string of the molecule is O=C(COC(=O)CCSc1ccc(Cl)cc1)NC1CCCCC1. The number of ether oxygens (including phenoxy) is 1. The van der Waals surface area contributed by atoms with Gasteiger partial charge >= 0.3 is 5.97 Å². The zero-order valence-electron chi connectivity index (χ0n) is 13.1. The maximum atomic E-state index is 11.7. The molecule has 1 aromatic carbocycles. The van der Waals surface area contributed by atoms with E-state index in [4.69, 9.17) is 16.3 Å². The average Bonchev–Trinajstić information content (AvgIpc) is 2.56. The molecule has 0 unspecified atom stereocenters. The van der Waals surface area contributed by atoms with Gasteiger partial charge in [-0.25, -0.2) is 0 Å². The minimum absolute atomic E-state index is 0.180. The third kappa shape index (κ3) is 7.27. The molecule has 126 valence electrons. The normalized spacial score (nSPS) is 15.2. The Morgan fingerprint density at radius 1 is 1.17 bits per heavy atom. The number of amides is 1. The van der Waals surface area contributed by atoms with Gasteiger partial charge < -0.3 is 10.1 Å². The van der Waals surface area contributed by atoms with Crippen molar-refractivity contribution in [3.8, 4) is 0 Å². The largest absolute Gasteiger partial charge is 0.456 e. The predicted octanol–water partition coefficient (Wildman–Crippen LogP) is 3.81. The summed E-state index contributed by atoms with van der Waals surface area (Å²) >= 11 is 7.38. The quantitative estimate of drug-likeness (QED) is 0.596. The first-order valence-electron chi connectivity index (χ1n) is 7.97. The van der Waals surface area contributed by atoms with E-state index in [0.717, 1.165) is 30.6 Å². The second-order valence-electron chi connectivity index (χ2n) is 5.62. The van der Waals surface area contributed by atoms with E-state index < -0.39 is 0 Å². The van der Waals surface area contributed by atoms with Gasteiger partial charge in [-0.1, -0.05) is 30.9 Å². The topological polar surface area (TPSA) is 55.4 Å². The number of hydrogen-bond acceptors (Lipinski definition) is 4. The number of carbonyl (C=O) groups excluding carboxylic acids is 2. The van der Waals surface area contributed by atoms with Gasteiger partial charge in [0.1, 0.15) is 0 Å². The minimum Gasteiger partial charge on any atom is -0.456 e. The van der Waals surface area contributed by atoms with Crippen LogP contribution in [0.2, 0.25) is 5.02 Å². The van der Waals surface area contributed by atoms with Gasteiger partial charge in [0.25, 0.3) is 5.91 Å². The number of carbonyl (C=O) groups is 2. The van der Waals surface area contributed by atoms with Crippen molar-refractivity contribution in [3.63, 3.8) is 0 Å². The van der Waals surface area contributed by atoms with Crippen molar-refractivity contribution >= 4 is 35.2 Å². The summed E-state index contributed by atoms with van der Waals surface area (Å²) in [6.07, 6.45) is 5.89. The van der Waals surface area contributed by atoms with Crippen LogP contribution in [-0.2, 0) is 14.3 Å². The van der Waals surface area contributed by atoms with Gasteiger partial charge in [-0.2, -0.15) is 0 Å². The molecule has 1 aliphatic rings. The Hall–Kier alpha value is -1.20. The molecule has 0 aliphatic heterocycles. The second-order valence-corrected chi connectivity index (χ2v) is 7.22. The van der Waals surface area contributed by atoms with Crippen LogP contribution >= 0.6 is 23.4 Å². The Morgan fingerprint density at radius 2 is 1.87 bits per heavy atom. The molecule has 0 aromatic heterocycles. The highest BCUT2D eigenvalue weighted by molar-refractivity contribution is 7.99. The van der Waals surface area contributed by atoms with Gasteiger partial charge in [0.05, 0.1) is 6.42 Å². The number of benzene rings is 1. The molecule has 4 nitrogen and oxygen atoms in total. The standard InChI is InChI=1S/C17H22ClNO3S/c18-13-6-8-15(9-7-13)23-11-10-17(21)22-12-16(20)19-14-4-2-1-3-5-14/h6-9,14H,1-5,10-12H2,(H,19,20). The Kier molecular flexibility index (Phi) is 7.76. The minimum atomic E-state index is -0.342. The van der Waals surface area contributed by atoms with E-state index in [1.807, 2.05) is 24.3 Å². The van der Waals surface area contributed by atoms with Gasteiger partial charge in [0.15, 0.2) is 6.61 Å². The van der Waals surface area contributed by atoms with Crippen LogP contribution in [0.1, 0.15) is 38.5 Å². The van der Waals surface area contributed by atoms with Crippen molar-refractivity contribution in [1.82, 2.24) is 5.32 Å². The lowest BCUT2D eigenvalue weighted by molar-refractivity contribution is -0.148. The maximum absolute atomic E-state index is 11.7. The molecule has 1 aliphatic carbocycles. The van der Waals surface area contributed by atoms with Gasteiger partial charge in [-0.3, -0.25) is 9.59 Å². The molecule has 1 amide bonds. The molecular weight excluding hydrogens is 334 g/mol. The lowest BCUT2D eigenvalue weighted by Crippen LogP contribution is -2.38. The Morgan fingerprint density at radius 3 is 2.57 bits per heavy atom. The third-order valence-electron chi connectivity index (χ3n) is 3.72. The number of hydrogen-bond donors (Lipinski definition) is 1. The summed E-state index contributed by atoms with van der Waals surface area (Å²) in [6, 6.07) is 7.71. The average molecular weight is 356 g/mol. The maximum Gasteiger partial charge on any atom is 0.307 e. The van der Waals surface area contributed by atoms with Crippen LogP contribution in [0.15, 0.2) is 29.2 Å². The van der Waals surface area contributed by atoms with Crippen molar-refractivity contribution < 1.29 is 14.3 Å². The summed E-state index contributed by atoms with van der Waals surface area (Å²) in [4.78, 5) is 24.4. The molecule has 1 fully saturated rings. The molecule has 0 bridgehead atoms. The van der Waals surface area contributed by atoms with Crippen molar-refractivity contribution in [2.24, 2.45) is 0 Å². The summed E-state index contributed by atoms with van der Waals surface area (Å²) in [5, 5.41) is 3.62. The van der Waals surface area contributed by atoms with E-state index in [-0.39, 0.29) is 30.9 Å². The van der Waals surface area contributed by atoms with E-state index in [0.29, 0.717) is 10.8 Å². The fraction of sp³-hybridized carbons (Fsp3) is 0.529. The van der Waals surface area contributed by atoms with Crippen LogP contribution in [0.4, 0.5) is 0 Å². The molecule has 2 rings (SSSR count). The second kappa shape index (κ2) is 9.83. The lowest BCUT2D eigenvalue weighted by Gasteiger charge is -2.22. The van der Waals surface area contributed by atoms with Crippen LogP contribution in [0.25, 0.3) is 0 Å². The highest BCUT2D eigenvalue weighted by Crippen LogP contribution is 2.21. The van der Waals surface area contributed by atoms with Crippen LogP contribution in [0.3, 0.4) is 0 Å². The van der Waals surface area contributed by atoms with Crippen LogP contribution in [0, 0.1) is 0 Å². The molecule has 1 N–H and O–H groups in total. The van der Waals surface area contributed by atoms with Crippen LogP contribution < -0.4 is 5.32 Å². The highest BCUT2D eigenvalue weighted by atomic mass is 35.5. The molecular formula is C17H22ClNO3S. The molecule has 0 saturated heterocycles. The first kappa shape index (κ1) is 18.1. The highest BCUT2D eigenvalue weighted by Gasteiger charge is 2.16. The van der Waals surface area contributed by atoms with E-state index in [1.54, 1.807) is 11.8 Å². The molecule has 0 heterocycles. The van der Waals surface area contributed by atoms with Crippen LogP contribution in [0.5, 0.6) is 0 Å². The van der Waals surface area contributed by atoms with Crippen molar-refractivity contribution in [2.45, 2.75) is 49.5 Å². The zero-order chi connectivity index (χ0) is 16.5. The monoisotopic (exact) mass is 355 g/mol. The number of thioether (sulfide) groups is 1. The Bertz CT molecular complexity index is 515. The van der Waals surface area contributed by atoms with Gasteiger partial charge in [0.2, 0.25) is 0 Å². The van der Waals surface area contributed by atoms with E-state index in [9.17, 15) is 9.59 Å². The van der Waals surface area contributed by atoms with Gasteiger partial charge in [-0.15, -0.1) is 11.8 Å². The summed E-state index contributed by atoms with van der Waals surface area (Å²) in [5.41, 5.74) is 0. The summed E-state index contributed by atoms with van der Waals surface area (Å²) < 4.78 is 5.02. The fourth-order valence-corrected chi connectivity index (χ4v) is 3.48. The third-order valence-corrected chi connectivity index (χ3v) is 4.99. The van der Waals surface area contributed by atoms with E-state index in [1.165, 1.54) is 6.42 Å². The Balaban J connectivity index is 1.57. The van der Waals surface area contributed by atoms with Crippen molar-refractivity contribution in [2.75, 3.05) is 12.4 Å². The molecule has 23 heavy (non-hydrogen) atoms. The van der Waals surface area contributed by atoms with Crippen LogP contribution in [-0.4, -0.2) is 30.3 Å². The first-order valence-corrected chi connectivity index (χ1v) is 9.33. The van der Waals surface area contributed by atoms with Crippen molar-refractivity contribution in [3.05, 3.63) is 29.3 Å². The predicted molar refractivity (Wildman–Crippen MR) is 92.8 cm³/mol. The van der Waals surface area contributed by atoms with E-state index >= 15 is 0 Å². The molecule has 0 radical (unpaired) electrons. The zero-order valence-corrected chi connectivity index (χ0v) is 14.6.